The van der Waals surface area contributed by atoms with Gasteiger partial charge in [0.1, 0.15) is 11.6 Å². The van der Waals surface area contributed by atoms with Gasteiger partial charge in [0.05, 0.1) is 0 Å². The molecule has 1 atom stereocenters. The molecule has 28 heavy (non-hydrogen) atoms. The van der Waals surface area contributed by atoms with Crippen LogP contribution in [-0.4, -0.2) is 18.5 Å². The number of rotatable bonds is 4. The molecule has 0 aliphatic carbocycles. The van der Waals surface area contributed by atoms with Gasteiger partial charge in [-0.05, 0) is 61.1 Å². The van der Waals surface area contributed by atoms with Crippen LogP contribution in [0.15, 0.2) is 54.1 Å². The number of nitriles is 1. The fraction of sp³-hybridized carbons (Fsp3) is 0.333. The van der Waals surface area contributed by atoms with Crippen molar-refractivity contribution in [3.8, 4) is 6.07 Å². The molecule has 1 aliphatic rings. The number of carbonyl (C=O) groups excluding carboxylic acids is 1. The van der Waals surface area contributed by atoms with Crippen molar-refractivity contribution in [1.29, 1.82) is 5.26 Å². The van der Waals surface area contributed by atoms with Gasteiger partial charge in [-0.25, -0.2) is 0 Å². The molecule has 1 heterocycles. The number of nitrogens with zero attached hydrogens (tertiary/aromatic N) is 2. The Labute approximate surface area is 167 Å². The van der Waals surface area contributed by atoms with Gasteiger partial charge in [0.2, 0.25) is 0 Å². The van der Waals surface area contributed by atoms with Crippen molar-refractivity contribution >= 4 is 17.7 Å². The number of fused-ring (bicyclic) bond motifs is 1. The fourth-order valence-corrected chi connectivity index (χ4v) is 3.87. The maximum absolute atomic E-state index is 12.4. The second-order valence-corrected chi connectivity index (χ2v) is 8.13. The molecular weight excluding hydrogens is 346 g/mol. The topological polar surface area (TPSA) is 56.1 Å². The average molecular weight is 374 g/mol. The van der Waals surface area contributed by atoms with Crippen molar-refractivity contribution < 1.29 is 4.79 Å². The summed E-state index contributed by atoms with van der Waals surface area (Å²) in [6, 6.07) is 17.9. The molecule has 2 aromatic carbocycles. The van der Waals surface area contributed by atoms with E-state index in [2.05, 4.69) is 50.2 Å². The third-order valence-corrected chi connectivity index (χ3v) is 5.63. The third-order valence-electron chi connectivity index (χ3n) is 5.63. The van der Waals surface area contributed by atoms with E-state index in [9.17, 15) is 10.1 Å². The van der Waals surface area contributed by atoms with Crippen LogP contribution in [0.5, 0.6) is 0 Å². The van der Waals surface area contributed by atoms with Crippen molar-refractivity contribution in [3.63, 3.8) is 0 Å². The van der Waals surface area contributed by atoms with E-state index in [1.54, 1.807) is 6.08 Å². The van der Waals surface area contributed by atoms with E-state index in [0.29, 0.717) is 12.5 Å². The van der Waals surface area contributed by atoms with Crippen LogP contribution in [0.3, 0.4) is 0 Å². The molecule has 4 nitrogen and oxygen atoms in total. The Morgan fingerprint density at radius 3 is 2.68 bits per heavy atom. The maximum atomic E-state index is 12.4. The Kier molecular flexibility index (Phi) is 5.56. The molecule has 1 aliphatic heterocycles. The minimum Gasteiger partial charge on any atom is -0.369 e. The molecule has 3 rings (SSSR count). The van der Waals surface area contributed by atoms with Crippen molar-refractivity contribution in [3.05, 3.63) is 70.8 Å². The van der Waals surface area contributed by atoms with E-state index < -0.39 is 0 Å². The minimum atomic E-state index is -0.352. The van der Waals surface area contributed by atoms with Gasteiger partial charge >= 0.3 is 0 Å². The highest BCUT2D eigenvalue weighted by Crippen LogP contribution is 2.42. The monoisotopic (exact) mass is 373 g/mol. The molecule has 1 N–H and O–H groups in total. The molecule has 0 saturated heterocycles. The maximum Gasteiger partial charge on any atom is 0.262 e. The lowest BCUT2D eigenvalue weighted by molar-refractivity contribution is -0.117. The number of hydrogen-bond donors (Lipinski definition) is 1. The zero-order chi connectivity index (χ0) is 20.3. The Hall–Kier alpha value is -3.06. The van der Waals surface area contributed by atoms with E-state index in [-0.39, 0.29) is 17.0 Å². The van der Waals surface area contributed by atoms with Crippen LogP contribution in [0.2, 0.25) is 0 Å². The van der Waals surface area contributed by atoms with E-state index in [1.807, 2.05) is 42.5 Å². The van der Waals surface area contributed by atoms with E-state index >= 15 is 0 Å². The van der Waals surface area contributed by atoms with Gasteiger partial charge in [-0.15, -0.1) is 0 Å². The van der Waals surface area contributed by atoms with E-state index in [1.165, 1.54) is 11.3 Å². The number of amides is 1. The second kappa shape index (κ2) is 7.90. The molecule has 1 amide bonds. The summed E-state index contributed by atoms with van der Waals surface area (Å²) in [5.74, 6) is 0.0716. The summed E-state index contributed by atoms with van der Waals surface area (Å²) in [5.41, 5.74) is 4.59. The minimum absolute atomic E-state index is 0.110. The van der Waals surface area contributed by atoms with Gasteiger partial charge in [-0.2, -0.15) is 5.26 Å². The third kappa shape index (κ3) is 4.09. The molecule has 0 fully saturated rings. The highest BCUT2D eigenvalue weighted by atomic mass is 16.1. The second-order valence-electron chi connectivity index (χ2n) is 8.13. The normalized spacial score (nSPS) is 18.2. The van der Waals surface area contributed by atoms with Gasteiger partial charge < -0.3 is 10.2 Å². The summed E-state index contributed by atoms with van der Waals surface area (Å²) in [6.45, 7) is 7.15. The Morgan fingerprint density at radius 2 is 2.00 bits per heavy atom. The van der Waals surface area contributed by atoms with Gasteiger partial charge in [-0.1, -0.05) is 43.3 Å². The van der Waals surface area contributed by atoms with Crippen molar-refractivity contribution in [2.24, 2.45) is 0 Å². The average Bonchev–Trinajstić information content (AvgIpc) is 2.69. The van der Waals surface area contributed by atoms with Gasteiger partial charge in [0, 0.05) is 24.8 Å². The van der Waals surface area contributed by atoms with Crippen molar-refractivity contribution in [2.45, 2.75) is 45.2 Å². The zero-order valence-electron chi connectivity index (χ0n) is 17.0. The SMILES string of the molecule is CC1CC(C)(C)N(C)c2ccc(/C=C(/C#N)C(=O)NCc3ccccc3)cc21. The first-order valence-electron chi connectivity index (χ1n) is 9.63. The van der Waals surface area contributed by atoms with Crippen LogP contribution in [0.4, 0.5) is 5.69 Å². The Balaban J connectivity index is 1.81. The highest BCUT2D eigenvalue weighted by molar-refractivity contribution is 6.01. The number of nitrogens with one attached hydrogen (secondary N) is 1. The molecule has 0 aromatic heterocycles. The van der Waals surface area contributed by atoms with Gasteiger partial charge in [0.15, 0.2) is 0 Å². The van der Waals surface area contributed by atoms with Gasteiger partial charge in [-0.3, -0.25) is 4.79 Å². The smallest absolute Gasteiger partial charge is 0.262 e. The van der Waals surface area contributed by atoms with Crippen molar-refractivity contribution in [2.75, 3.05) is 11.9 Å². The zero-order valence-corrected chi connectivity index (χ0v) is 17.0. The van der Waals surface area contributed by atoms with E-state index in [0.717, 1.165) is 17.5 Å². The molecule has 0 radical (unpaired) electrons. The lowest BCUT2D eigenvalue weighted by Gasteiger charge is -2.45. The summed E-state index contributed by atoms with van der Waals surface area (Å²) >= 11 is 0. The predicted octanol–water partition coefficient (Wildman–Crippen LogP) is 4.63. The highest BCUT2D eigenvalue weighted by Gasteiger charge is 2.33. The first-order valence-corrected chi connectivity index (χ1v) is 9.63. The van der Waals surface area contributed by atoms with E-state index in [4.69, 9.17) is 0 Å². The molecule has 144 valence electrons. The van der Waals surface area contributed by atoms with Crippen LogP contribution in [0, 0.1) is 11.3 Å². The number of anilines is 1. The predicted molar refractivity (Wildman–Crippen MR) is 114 cm³/mol. The summed E-state index contributed by atoms with van der Waals surface area (Å²) in [4.78, 5) is 14.7. The first kappa shape index (κ1) is 19.7. The first-order chi connectivity index (χ1) is 13.3. The quantitative estimate of drug-likeness (QED) is 0.628. The fourth-order valence-electron chi connectivity index (χ4n) is 3.87. The molecule has 0 spiro atoms. The Bertz CT molecular complexity index is 938. The van der Waals surface area contributed by atoms with Crippen LogP contribution in [-0.2, 0) is 11.3 Å². The van der Waals surface area contributed by atoms with Crippen LogP contribution in [0.1, 0.15) is 49.8 Å². The molecule has 0 bridgehead atoms. The van der Waals surface area contributed by atoms with Crippen LogP contribution in [0.25, 0.3) is 6.08 Å². The Morgan fingerprint density at radius 1 is 1.29 bits per heavy atom. The molecule has 0 saturated carbocycles. The van der Waals surface area contributed by atoms with Gasteiger partial charge in [0.25, 0.3) is 5.91 Å². The number of benzene rings is 2. The summed E-state index contributed by atoms with van der Waals surface area (Å²) < 4.78 is 0. The lowest BCUT2D eigenvalue weighted by Crippen LogP contribution is -2.45. The number of hydrogen-bond acceptors (Lipinski definition) is 3. The van der Waals surface area contributed by atoms with Crippen LogP contribution >= 0.6 is 0 Å². The molecular formula is C24H27N3O. The van der Waals surface area contributed by atoms with Crippen LogP contribution < -0.4 is 10.2 Å². The largest absolute Gasteiger partial charge is 0.369 e. The summed E-state index contributed by atoms with van der Waals surface area (Å²) in [5, 5.41) is 12.3. The molecule has 2 aromatic rings. The summed E-state index contributed by atoms with van der Waals surface area (Å²) in [7, 11) is 2.12. The standard InChI is InChI=1S/C24H27N3O/c1-17-14-24(2,3)27(4)22-11-10-19(13-21(17)22)12-20(15-25)23(28)26-16-18-8-6-5-7-9-18/h5-13,17H,14,16H2,1-4H3,(H,26,28)/b20-12-. The van der Waals surface area contributed by atoms with Crippen molar-refractivity contribution in [1.82, 2.24) is 5.32 Å². The lowest BCUT2D eigenvalue weighted by atomic mass is 9.80. The molecule has 4 heteroatoms. The number of carbonyl (C=O) groups is 1. The molecule has 1 unspecified atom stereocenters. The summed E-state index contributed by atoms with van der Waals surface area (Å²) in [6.07, 6.45) is 2.74.